The van der Waals surface area contributed by atoms with Gasteiger partial charge in [-0.05, 0) is 62.7 Å². The molecule has 1 heterocycles. The van der Waals surface area contributed by atoms with Crippen LogP contribution >= 0.6 is 0 Å². The van der Waals surface area contributed by atoms with E-state index in [1.807, 2.05) is 61.5 Å². The first-order valence-corrected chi connectivity index (χ1v) is 8.21. The lowest BCUT2D eigenvalue weighted by atomic mass is 10.1. The van der Waals surface area contributed by atoms with E-state index in [0.717, 1.165) is 28.4 Å². The lowest BCUT2D eigenvalue weighted by Crippen LogP contribution is -2.19. The normalized spacial score (nSPS) is 11.4. The van der Waals surface area contributed by atoms with Gasteiger partial charge in [-0.1, -0.05) is 30.3 Å². The molecule has 4 heteroatoms. The highest BCUT2D eigenvalue weighted by Gasteiger charge is 2.07. The molecule has 0 bridgehead atoms. The number of hydrogen-bond donors (Lipinski definition) is 1. The quantitative estimate of drug-likeness (QED) is 0.564. The molecule has 2 aromatic carbocycles. The number of hydrazone groups is 1. The zero-order chi connectivity index (χ0) is 17.8. The highest BCUT2D eigenvalue weighted by Crippen LogP contribution is 2.16. The predicted molar refractivity (Wildman–Crippen MR) is 101 cm³/mol. The molecule has 0 spiro atoms. The topological polar surface area (TPSA) is 46.4 Å². The van der Waals surface area contributed by atoms with Gasteiger partial charge < -0.3 is 4.57 Å². The Kier molecular flexibility index (Phi) is 4.80. The minimum absolute atomic E-state index is 0.220. The van der Waals surface area contributed by atoms with Crippen LogP contribution in [0.1, 0.15) is 34.2 Å². The Morgan fingerprint density at radius 3 is 2.04 bits per heavy atom. The molecule has 3 aromatic rings. The third-order valence-corrected chi connectivity index (χ3v) is 4.18. The molecule has 25 heavy (non-hydrogen) atoms. The van der Waals surface area contributed by atoms with Gasteiger partial charge in [-0.2, -0.15) is 5.10 Å². The molecule has 3 rings (SSSR count). The van der Waals surface area contributed by atoms with E-state index in [-0.39, 0.29) is 5.91 Å². The van der Waals surface area contributed by atoms with Crippen LogP contribution in [0.5, 0.6) is 0 Å². The molecule has 0 fully saturated rings. The standard InChI is InChI=1S/C21H21N3O/c1-15-9-10-16(2)24(15)20-13-11-19(12-14-20)21(25)23-22-17(3)18-7-5-4-6-8-18/h4-14H,1-3H3,(H,23,25)/b22-17-. The number of rotatable bonds is 4. The Labute approximate surface area is 147 Å². The first kappa shape index (κ1) is 16.7. The number of aromatic nitrogens is 1. The van der Waals surface area contributed by atoms with E-state index in [1.165, 1.54) is 0 Å². The molecular formula is C21H21N3O. The summed E-state index contributed by atoms with van der Waals surface area (Å²) in [5.74, 6) is -0.220. The second-order valence-corrected chi connectivity index (χ2v) is 6.00. The van der Waals surface area contributed by atoms with Crippen LogP contribution in [-0.2, 0) is 0 Å². The van der Waals surface area contributed by atoms with Crippen molar-refractivity contribution in [2.75, 3.05) is 0 Å². The molecule has 0 aliphatic rings. The molecule has 1 amide bonds. The van der Waals surface area contributed by atoms with E-state index < -0.39 is 0 Å². The highest BCUT2D eigenvalue weighted by atomic mass is 16.2. The van der Waals surface area contributed by atoms with E-state index in [9.17, 15) is 4.79 Å². The molecule has 1 aromatic heterocycles. The van der Waals surface area contributed by atoms with E-state index in [4.69, 9.17) is 0 Å². The average molecular weight is 331 g/mol. The average Bonchev–Trinajstić information content (AvgIpc) is 2.98. The van der Waals surface area contributed by atoms with Crippen LogP contribution in [0.25, 0.3) is 5.69 Å². The second kappa shape index (κ2) is 7.18. The summed E-state index contributed by atoms with van der Waals surface area (Å²) < 4.78 is 2.15. The van der Waals surface area contributed by atoms with Gasteiger partial charge in [-0.15, -0.1) is 0 Å². The van der Waals surface area contributed by atoms with Crippen molar-refractivity contribution in [1.29, 1.82) is 0 Å². The molecule has 0 radical (unpaired) electrons. The van der Waals surface area contributed by atoms with Crippen LogP contribution < -0.4 is 5.43 Å². The van der Waals surface area contributed by atoms with Crippen LogP contribution in [0.4, 0.5) is 0 Å². The van der Waals surface area contributed by atoms with Crippen molar-refractivity contribution in [3.8, 4) is 5.69 Å². The number of aryl methyl sites for hydroxylation is 2. The fourth-order valence-electron chi connectivity index (χ4n) is 2.78. The number of carbonyl (C=O) groups excluding carboxylic acids is 1. The van der Waals surface area contributed by atoms with Gasteiger partial charge in [-0.25, -0.2) is 5.43 Å². The number of carbonyl (C=O) groups is 1. The monoisotopic (exact) mass is 331 g/mol. The Morgan fingerprint density at radius 2 is 1.44 bits per heavy atom. The van der Waals surface area contributed by atoms with Crippen molar-refractivity contribution in [2.24, 2.45) is 5.10 Å². The molecule has 0 saturated heterocycles. The first-order valence-electron chi connectivity index (χ1n) is 8.21. The van der Waals surface area contributed by atoms with Gasteiger partial charge >= 0.3 is 0 Å². The summed E-state index contributed by atoms with van der Waals surface area (Å²) in [5.41, 5.74) is 8.32. The predicted octanol–water partition coefficient (Wildman–Crippen LogP) is 4.25. The summed E-state index contributed by atoms with van der Waals surface area (Å²) in [6, 6.07) is 21.4. The van der Waals surface area contributed by atoms with Crippen molar-refractivity contribution >= 4 is 11.6 Å². The van der Waals surface area contributed by atoms with Gasteiger partial charge in [0, 0.05) is 22.6 Å². The molecule has 0 saturated carbocycles. The smallest absolute Gasteiger partial charge is 0.271 e. The summed E-state index contributed by atoms with van der Waals surface area (Å²) >= 11 is 0. The third-order valence-electron chi connectivity index (χ3n) is 4.18. The van der Waals surface area contributed by atoms with Crippen molar-refractivity contribution in [3.05, 3.63) is 89.2 Å². The Morgan fingerprint density at radius 1 is 0.840 bits per heavy atom. The molecule has 4 nitrogen and oxygen atoms in total. The largest absolute Gasteiger partial charge is 0.319 e. The Bertz CT molecular complexity index is 887. The molecule has 0 aliphatic heterocycles. The summed E-state index contributed by atoms with van der Waals surface area (Å²) in [4.78, 5) is 12.3. The van der Waals surface area contributed by atoms with Gasteiger partial charge in [0.2, 0.25) is 0 Å². The summed E-state index contributed by atoms with van der Waals surface area (Å²) in [6.45, 7) is 6.00. The second-order valence-electron chi connectivity index (χ2n) is 6.00. The van der Waals surface area contributed by atoms with Gasteiger partial charge in [-0.3, -0.25) is 4.79 Å². The molecule has 126 valence electrons. The van der Waals surface area contributed by atoms with E-state index in [2.05, 4.69) is 41.1 Å². The van der Waals surface area contributed by atoms with E-state index in [1.54, 1.807) is 0 Å². The molecule has 0 aliphatic carbocycles. The lowest BCUT2D eigenvalue weighted by Gasteiger charge is -2.10. The summed E-state index contributed by atoms with van der Waals surface area (Å²) in [6.07, 6.45) is 0. The molecule has 0 unspecified atom stereocenters. The minimum atomic E-state index is -0.220. The minimum Gasteiger partial charge on any atom is -0.319 e. The van der Waals surface area contributed by atoms with Crippen molar-refractivity contribution in [3.63, 3.8) is 0 Å². The Hall–Kier alpha value is -3.14. The van der Waals surface area contributed by atoms with Crippen molar-refractivity contribution in [2.45, 2.75) is 20.8 Å². The maximum absolute atomic E-state index is 12.3. The van der Waals surface area contributed by atoms with Gasteiger partial charge in [0.05, 0.1) is 5.71 Å². The van der Waals surface area contributed by atoms with Gasteiger partial charge in [0.25, 0.3) is 5.91 Å². The number of hydrogen-bond acceptors (Lipinski definition) is 2. The van der Waals surface area contributed by atoms with Crippen LogP contribution in [0.2, 0.25) is 0 Å². The van der Waals surface area contributed by atoms with E-state index in [0.29, 0.717) is 5.56 Å². The third kappa shape index (κ3) is 3.69. The number of benzene rings is 2. The molecule has 1 N–H and O–H groups in total. The van der Waals surface area contributed by atoms with Gasteiger partial charge in [0.1, 0.15) is 0 Å². The van der Waals surface area contributed by atoms with Crippen LogP contribution in [0.15, 0.2) is 71.8 Å². The van der Waals surface area contributed by atoms with Crippen molar-refractivity contribution < 1.29 is 4.79 Å². The SMILES string of the molecule is C/C(=N/NC(=O)c1ccc(-n2c(C)ccc2C)cc1)c1ccccc1. The van der Waals surface area contributed by atoms with Crippen molar-refractivity contribution in [1.82, 2.24) is 9.99 Å². The first-order chi connectivity index (χ1) is 12.1. The van der Waals surface area contributed by atoms with Gasteiger partial charge in [0.15, 0.2) is 0 Å². The van der Waals surface area contributed by atoms with Crippen LogP contribution in [0, 0.1) is 13.8 Å². The zero-order valence-corrected chi connectivity index (χ0v) is 14.7. The molecular weight excluding hydrogens is 310 g/mol. The lowest BCUT2D eigenvalue weighted by molar-refractivity contribution is 0.0955. The van der Waals surface area contributed by atoms with E-state index >= 15 is 0 Å². The number of nitrogens with zero attached hydrogens (tertiary/aromatic N) is 2. The van der Waals surface area contributed by atoms with Crippen LogP contribution in [0.3, 0.4) is 0 Å². The highest BCUT2D eigenvalue weighted by molar-refractivity contribution is 6.00. The molecule has 0 atom stereocenters. The number of nitrogens with one attached hydrogen (secondary N) is 1. The Balaban J connectivity index is 1.73. The maximum Gasteiger partial charge on any atom is 0.271 e. The summed E-state index contributed by atoms with van der Waals surface area (Å²) in [5, 5.41) is 4.18. The summed E-state index contributed by atoms with van der Waals surface area (Å²) in [7, 11) is 0. The fourth-order valence-corrected chi connectivity index (χ4v) is 2.78. The maximum atomic E-state index is 12.3. The van der Waals surface area contributed by atoms with Crippen LogP contribution in [-0.4, -0.2) is 16.2 Å². The number of amides is 1. The fraction of sp³-hybridized carbons (Fsp3) is 0.143. The zero-order valence-electron chi connectivity index (χ0n) is 14.7.